The molecule has 0 bridgehead atoms. The van der Waals surface area contributed by atoms with Gasteiger partial charge in [0.1, 0.15) is 11.9 Å². The van der Waals surface area contributed by atoms with Crippen molar-refractivity contribution in [3.63, 3.8) is 0 Å². The Morgan fingerprint density at radius 3 is 2.46 bits per heavy atom. The molecule has 2 aliphatic rings. The van der Waals surface area contributed by atoms with Gasteiger partial charge < -0.3 is 20.2 Å². The van der Waals surface area contributed by atoms with E-state index >= 15 is 0 Å². The number of rotatable bonds is 4. The average molecular weight is 413 g/mol. The van der Waals surface area contributed by atoms with Crippen LogP contribution in [0.2, 0.25) is 0 Å². The first-order chi connectivity index (χ1) is 13.2. The molecule has 1 atom stereocenters. The van der Waals surface area contributed by atoms with Crippen LogP contribution in [-0.2, 0) is 14.6 Å². The van der Waals surface area contributed by atoms with Crippen molar-refractivity contribution in [1.82, 2.24) is 9.80 Å². The van der Waals surface area contributed by atoms with Crippen LogP contribution in [0.3, 0.4) is 0 Å². The van der Waals surface area contributed by atoms with Gasteiger partial charge in [-0.3, -0.25) is 4.79 Å². The summed E-state index contributed by atoms with van der Waals surface area (Å²) < 4.78 is 37.4. The summed E-state index contributed by atoms with van der Waals surface area (Å²) in [6, 6.07) is 2.98. The number of benzene rings is 1. The molecule has 0 saturated carbocycles. The van der Waals surface area contributed by atoms with Crippen LogP contribution in [0.1, 0.15) is 25.7 Å². The molecule has 2 saturated heterocycles. The lowest BCUT2D eigenvalue weighted by atomic mass is 9.97. The topological polar surface area (TPSA) is 107 Å². The third kappa shape index (κ3) is 4.37. The van der Waals surface area contributed by atoms with Gasteiger partial charge in [0.15, 0.2) is 9.84 Å². The van der Waals surface area contributed by atoms with Gasteiger partial charge in [-0.15, -0.1) is 0 Å². The number of nitrogens with zero attached hydrogens (tertiary/aromatic N) is 2. The molecular formula is C18H24FN3O5S. The summed E-state index contributed by atoms with van der Waals surface area (Å²) in [5, 5.41) is 12.0. The standard InChI is InChI=1S/C18H24FN3O5S/c1-28(26,27)13-4-5-15(14(19)11-13)20-16-3-2-8-22(17(16)23)12-6-9-21(10-7-12)18(24)25/h4-5,11-12,16,20H,2-3,6-10H2,1H3,(H,24,25)/t16-/m0/s1. The molecule has 0 aromatic heterocycles. The number of likely N-dealkylation sites (tertiary alicyclic amines) is 2. The molecule has 1 aromatic rings. The number of halogens is 1. The van der Waals surface area contributed by atoms with Gasteiger partial charge in [-0.2, -0.15) is 0 Å². The van der Waals surface area contributed by atoms with E-state index < -0.39 is 27.8 Å². The van der Waals surface area contributed by atoms with Crippen molar-refractivity contribution in [1.29, 1.82) is 0 Å². The van der Waals surface area contributed by atoms with Crippen LogP contribution in [0.4, 0.5) is 14.9 Å². The highest BCUT2D eigenvalue weighted by Gasteiger charge is 2.35. The minimum atomic E-state index is -3.51. The monoisotopic (exact) mass is 413 g/mol. The largest absolute Gasteiger partial charge is 0.465 e. The summed E-state index contributed by atoms with van der Waals surface area (Å²) in [6.45, 7) is 1.39. The fraction of sp³-hybridized carbons (Fsp3) is 0.556. The van der Waals surface area contributed by atoms with E-state index in [0.29, 0.717) is 38.9 Å². The predicted octanol–water partition coefficient (Wildman–Crippen LogP) is 1.77. The molecule has 0 unspecified atom stereocenters. The summed E-state index contributed by atoms with van der Waals surface area (Å²) in [5.41, 5.74) is 0.0910. The zero-order valence-corrected chi connectivity index (χ0v) is 16.4. The third-order valence-corrected chi connectivity index (χ3v) is 6.46. The lowest BCUT2D eigenvalue weighted by Crippen LogP contribution is -2.55. The summed E-state index contributed by atoms with van der Waals surface area (Å²) in [6.07, 6.45) is 2.54. The summed E-state index contributed by atoms with van der Waals surface area (Å²) >= 11 is 0. The van der Waals surface area contributed by atoms with Gasteiger partial charge in [0.25, 0.3) is 0 Å². The Hall–Kier alpha value is -2.36. The molecule has 28 heavy (non-hydrogen) atoms. The van der Waals surface area contributed by atoms with Crippen LogP contribution in [0.15, 0.2) is 23.1 Å². The van der Waals surface area contributed by atoms with Crippen molar-refractivity contribution in [2.75, 3.05) is 31.2 Å². The van der Waals surface area contributed by atoms with E-state index in [9.17, 15) is 22.4 Å². The highest BCUT2D eigenvalue weighted by Crippen LogP contribution is 2.26. The molecule has 0 spiro atoms. The van der Waals surface area contributed by atoms with Gasteiger partial charge in [-0.05, 0) is 43.9 Å². The normalized spacial score (nSPS) is 21.6. The zero-order valence-electron chi connectivity index (χ0n) is 15.6. The maximum absolute atomic E-state index is 14.3. The van der Waals surface area contributed by atoms with Crippen molar-refractivity contribution in [3.8, 4) is 0 Å². The molecule has 1 aromatic carbocycles. The Labute approximate surface area is 163 Å². The van der Waals surface area contributed by atoms with Crippen molar-refractivity contribution in [2.24, 2.45) is 0 Å². The molecule has 2 amide bonds. The number of sulfone groups is 1. The fourth-order valence-corrected chi connectivity index (χ4v) is 4.43. The number of piperidine rings is 2. The smallest absolute Gasteiger partial charge is 0.407 e. The van der Waals surface area contributed by atoms with E-state index in [1.807, 2.05) is 0 Å². The fourth-order valence-electron chi connectivity index (χ4n) is 3.80. The van der Waals surface area contributed by atoms with E-state index in [1.165, 1.54) is 17.0 Å². The highest BCUT2D eigenvalue weighted by molar-refractivity contribution is 7.90. The van der Waals surface area contributed by atoms with Crippen LogP contribution >= 0.6 is 0 Å². The molecule has 2 fully saturated rings. The molecular weight excluding hydrogens is 389 g/mol. The van der Waals surface area contributed by atoms with Crippen molar-refractivity contribution < 1.29 is 27.5 Å². The van der Waals surface area contributed by atoms with Crippen molar-refractivity contribution in [3.05, 3.63) is 24.0 Å². The molecule has 3 rings (SSSR count). The van der Waals surface area contributed by atoms with E-state index in [2.05, 4.69) is 5.32 Å². The minimum Gasteiger partial charge on any atom is -0.465 e. The Kier molecular flexibility index (Phi) is 5.78. The van der Waals surface area contributed by atoms with Gasteiger partial charge in [-0.25, -0.2) is 17.6 Å². The van der Waals surface area contributed by atoms with Crippen LogP contribution in [-0.4, -0.2) is 73.3 Å². The minimum absolute atomic E-state index is 0.0230. The maximum Gasteiger partial charge on any atom is 0.407 e. The van der Waals surface area contributed by atoms with Gasteiger partial charge in [0.2, 0.25) is 5.91 Å². The van der Waals surface area contributed by atoms with Gasteiger partial charge >= 0.3 is 6.09 Å². The molecule has 10 heteroatoms. The number of hydrogen-bond donors (Lipinski definition) is 2. The summed E-state index contributed by atoms with van der Waals surface area (Å²) in [5.74, 6) is -0.853. The first-order valence-corrected chi connectivity index (χ1v) is 11.1. The second-order valence-electron chi connectivity index (χ2n) is 7.29. The van der Waals surface area contributed by atoms with Crippen molar-refractivity contribution in [2.45, 2.75) is 42.7 Å². The van der Waals surface area contributed by atoms with Crippen LogP contribution in [0.25, 0.3) is 0 Å². The lowest BCUT2D eigenvalue weighted by molar-refractivity contribution is -0.137. The van der Waals surface area contributed by atoms with E-state index in [-0.39, 0.29) is 22.5 Å². The lowest BCUT2D eigenvalue weighted by Gasteiger charge is -2.41. The van der Waals surface area contributed by atoms with E-state index in [1.54, 1.807) is 4.90 Å². The van der Waals surface area contributed by atoms with E-state index in [4.69, 9.17) is 5.11 Å². The Bertz CT molecular complexity index is 868. The molecule has 154 valence electrons. The number of carbonyl (C=O) groups is 2. The Balaban J connectivity index is 1.67. The summed E-state index contributed by atoms with van der Waals surface area (Å²) in [7, 11) is -3.51. The van der Waals surface area contributed by atoms with Gasteiger partial charge in [-0.1, -0.05) is 0 Å². The van der Waals surface area contributed by atoms with E-state index in [0.717, 1.165) is 18.7 Å². The quantitative estimate of drug-likeness (QED) is 0.779. The number of carboxylic acid groups (broad SMARTS) is 1. The number of anilines is 1. The summed E-state index contributed by atoms with van der Waals surface area (Å²) in [4.78, 5) is 26.9. The van der Waals surface area contributed by atoms with Crippen LogP contribution < -0.4 is 5.32 Å². The van der Waals surface area contributed by atoms with Crippen LogP contribution in [0, 0.1) is 5.82 Å². The average Bonchev–Trinajstić information content (AvgIpc) is 2.64. The zero-order chi connectivity index (χ0) is 20.5. The number of amides is 2. The number of carbonyl (C=O) groups excluding carboxylic acids is 1. The molecule has 2 heterocycles. The SMILES string of the molecule is CS(=O)(=O)c1ccc(N[C@H]2CCCN(C3CCN(C(=O)O)CC3)C2=O)c(F)c1. The molecule has 8 nitrogen and oxygen atoms in total. The molecule has 2 aliphatic heterocycles. The number of nitrogens with one attached hydrogen (secondary N) is 1. The highest BCUT2D eigenvalue weighted by atomic mass is 32.2. The first-order valence-electron chi connectivity index (χ1n) is 9.21. The van der Waals surface area contributed by atoms with Crippen LogP contribution in [0.5, 0.6) is 0 Å². The van der Waals surface area contributed by atoms with Crippen molar-refractivity contribution >= 4 is 27.5 Å². The van der Waals surface area contributed by atoms with Gasteiger partial charge in [0.05, 0.1) is 10.6 Å². The molecule has 0 radical (unpaired) electrons. The molecule has 2 N–H and O–H groups in total. The Morgan fingerprint density at radius 1 is 1.21 bits per heavy atom. The first kappa shape index (κ1) is 20.4. The second kappa shape index (κ2) is 7.94. The Morgan fingerprint density at radius 2 is 1.89 bits per heavy atom. The van der Waals surface area contributed by atoms with Gasteiger partial charge in [0, 0.05) is 31.9 Å². The number of hydrogen-bond acceptors (Lipinski definition) is 5. The third-order valence-electron chi connectivity index (χ3n) is 5.35. The maximum atomic E-state index is 14.3. The second-order valence-corrected chi connectivity index (χ2v) is 9.30. The molecule has 0 aliphatic carbocycles. The predicted molar refractivity (Wildman–Crippen MR) is 100 cm³/mol.